The van der Waals surface area contributed by atoms with E-state index in [1.54, 1.807) is 0 Å². The van der Waals surface area contributed by atoms with Crippen molar-refractivity contribution in [1.29, 1.82) is 0 Å². The minimum Gasteiger partial charge on any atom is -0.268 e. The smallest absolute Gasteiger partial charge is 0.0681 e. The largest absolute Gasteiger partial charge is 0.268 e. The first-order valence-electron chi connectivity index (χ1n) is 4.89. The number of nitrogens with zero attached hydrogens (tertiary/aromatic N) is 2. The molecule has 1 aromatic heterocycles. The molecule has 2 aromatic rings. The van der Waals surface area contributed by atoms with Gasteiger partial charge in [0.15, 0.2) is 0 Å². The molecule has 0 amide bonds. The van der Waals surface area contributed by atoms with Crippen LogP contribution in [0.3, 0.4) is 0 Å². The number of benzene rings is 1. The molecule has 0 aliphatic rings. The molecule has 0 spiro atoms. The van der Waals surface area contributed by atoms with Gasteiger partial charge in [0, 0.05) is 7.05 Å². The van der Waals surface area contributed by atoms with Crippen molar-refractivity contribution in [1.82, 2.24) is 9.78 Å². The third-order valence-corrected chi connectivity index (χ3v) is 2.36. The predicted octanol–water partition coefficient (Wildman–Crippen LogP) is 2.65. The Labute approximate surface area is 84.2 Å². The summed E-state index contributed by atoms with van der Waals surface area (Å²) in [5.74, 6) is 0. The van der Waals surface area contributed by atoms with E-state index in [2.05, 4.69) is 30.2 Å². The molecule has 0 radical (unpaired) electrons. The molecule has 0 saturated carbocycles. The van der Waals surface area contributed by atoms with Gasteiger partial charge >= 0.3 is 0 Å². The molecule has 1 heterocycles. The fourth-order valence-corrected chi connectivity index (χ4v) is 1.58. The first-order valence-corrected chi connectivity index (χ1v) is 4.89. The molecule has 0 bridgehead atoms. The topological polar surface area (TPSA) is 17.8 Å². The molecule has 14 heavy (non-hydrogen) atoms. The van der Waals surface area contributed by atoms with Gasteiger partial charge in [0.2, 0.25) is 0 Å². The summed E-state index contributed by atoms with van der Waals surface area (Å²) in [5, 5.41) is 4.42. The average Bonchev–Trinajstić information content (AvgIpc) is 2.61. The fraction of sp³-hybridized carbons (Fsp3) is 0.250. The molecule has 2 heteroatoms. The Bertz CT molecular complexity index is 415. The Morgan fingerprint density at radius 2 is 1.93 bits per heavy atom. The molecule has 2 rings (SSSR count). The first-order chi connectivity index (χ1) is 6.81. The number of aryl methyl sites for hydroxylation is 2. The van der Waals surface area contributed by atoms with Crippen LogP contribution in [-0.2, 0) is 13.5 Å². The van der Waals surface area contributed by atoms with Gasteiger partial charge in [-0.2, -0.15) is 5.10 Å². The monoisotopic (exact) mass is 186 g/mol. The number of aromatic nitrogens is 2. The maximum atomic E-state index is 4.42. The Hall–Kier alpha value is -1.57. The molecule has 0 aliphatic heterocycles. The van der Waals surface area contributed by atoms with Crippen molar-refractivity contribution >= 4 is 0 Å². The van der Waals surface area contributed by atoms with E-state index in [0.29, 0.717) is 0 Å². The number of rotatable bonds is 2. The van der Waals surface area contributed by atoms with Crippen molar-refractivity contribution in [2.24, 2.45) is 7.05 Å². The second-order valence-corrected chi connectivity index (χ2v) is 3.36. The van der Waals surface area contributed by atoms with Crippen LogP contribution in [0.5, 0.6) is 0 Å². The average molecular weight is 186 g/mol. The summed E-state index contributed by atoms with van der Waals surface area (Å²) in [7, 11) is 1.99. The van der Waals surface area contributed by atoms with Gasteiger partial charge in [0.25, 0.3) is 0 Å². The van der Waals surface area contributed by atoms with Gasteiger partial charge in [-0.1, -0.05) is 37.3 Å². The zero-order valence-corrected chi connectivity index (χ0v) is 8.57. The second kappa shape index (κ2) is 3.66. The highest BCUT2D eigenvalue weighted by atomic mass is 15.3. The molecular formula is C12H14N2. The van der Waals surface area contributed by atoms with Crippen molar-refractivity contribution in [2.45, 2.75) is 13.3 Å². The van der Waals surface area contributed by atoms with Gasteiger partial charge in [-0.15, -0.1) is 0 Å². The SMILES string of the molecule is CCc1cc(-c2ccccc2)n(C)n1. The molecular weight excluding hydrogens is 172 g/mol. The van der Waals surface area contributed by atoms with E-state index in [1.807, 2.05) is 29.9 Å². The zero-order valence-electron chi connectivity index (χ0n) is 8.57. The summed E-state index contributed by atoms with van der Waals surface area (Å²) in [6.07, 6.45) is 0.987. The minimum absolute atomic E-state index is 0.987. The maximum absolute atomic E-state index is 4.42. The van der Waals surface area contributed by atoms with E-state index in [9.17, 15) is 0 Å². The summed E-state index contributed by atoms with van der Waals surface area (Å²) in [6.45, 7) is 2.12. The zero-order chi connectivity index (χ0) is 9.97. The fourth-order valence-electron chi connectivity index (χ4n) is 1.58. The van der Waals surface area contributed by atoms with E-state index in [0.717, 1.165) is 12.1 Å². The molecule has 0 N–H and O–H groups in total. The van der Waals surface area contributed by atoms with E-state index < -0.39 is 0 Å². The highest BCUT2D eigenvalue weighted by molar-refractivity contribution is 5.59. The van der Waals surface area contributed by atoms with E-state index in [1.165, 1.54) is 11.3 Å². The van der Waals surface area contributed by atoms with Crippen LogP contribution in [0.1, 0.15) is 12.6 Å². The lowest BCUT2D eigenvalue weighted by Gasteiger charge is -1.99. The van der Waals surface area contributed by atoms with Crippen LogP contribution in [-0.4, -0.2) is 9.78 Å². The van der Waals surface area contributed by atoms with Crippen LogP contribution in [0, 0.1) is 0 Å². The lowest BCUT2D eigenvalue weighted by atomic mass is 10.1. The van der Waals surface area contributed by atoms with Crippen LogP contribution in [0.2, 0.25) is 0 Å². The third kappa shape index (κ3) is 1.55. The lowest BCUT2D eigenvalue weighted by Crippen LogP contribution is -1.93. The quantitative estimate of drug-likeness (QED) is 0.705. The van der Waals surface area contributed by atoms with E-state index >= 15 is 0 Å². The van der Waals surface area contributed by atoms with Crippen LogP contribution >= 0.6 is 0 Å². The molecule has 0 aliphatic carbocycles. The van der Waals surface area contributed by atoms with Crippen LogP contribution in [0.4, 0.5) is 0 Å². The standard InChI is InChI=1S/C12H14N2/c1-3-11-9-12(14(2)13-11)10-7-5-4-6-8-10/h4-9H,3H2,1-2H3. The Kier molecular flexibility index (Phi) is 2.35. The molecule has 2 nitrogen and oxygen atoms in total. The normalized spacial score (nSPS) is 10.4. The van der Waals surface area contributed by atoms with Gasteiger partial charge in [0.1, 0.15) is 0 Å². The number of hydrogen-bond acceptors (Lipinski definition) is 1. The summed E-state index contributed by atoms with van der Waals surface area (Å²) in [6, 6.07) is 12.5. The van der Waals surface area contributed by atoms with Crippen molar-refractivity contribution in [3.8, 4) is 11.3 Å². The summed E-state index contributed by atoms with van der Waals surface area (Å²) in [5.41, 5.74) is 3.55. The van der Waals surface area contributed by atoms with Crippen LogP contribution in [0.25, 0.3) is 11.3 Å². The molecule has 0 unspecified atom stereocenters. The van der Waals surface area contributed by atoms with Gasteiger partial charge in [0.05, 0.1) is 11.4 Å². The van der Waals surface area contributed by atoms with Crippen molar-refractivity contribution < 1.29 is 0 Å². The molecule has 72 valence electrons. The van der Waals surface area contributed by atoms with Crippen molar-refractivity contribution in [3.63, 3.8) is 0 Å². The van der Waals surface area contributed by atoms with E-state index in [-0.39, 0.29) is 0 Å². The summed E-state index contributed by atoms with van der Waals surface area (Å²) < 4.78 is 1.94. The minimum atomic E-state index is 0.987. The van der Waals surface area contributed by atoms with Gasteiger partial charge in [-0.25, -0.2) is 0 Å². The van der Waals surface area contributed by atoms with Gasteiger partial charge in [-0.3, -0.25) is 4.68 Å². The Morgan fingerprint density at radius 3 is 2.50 bits per heavy atom. The third-order valence-electron chi connectivity index (χ3n) is 2.36. The Morgan fingerprint density at radius 1 is 1.21 bits per heavy atom. The van der Waals surface area contributed by atoms with Gasteiger partial charge in [-0.05, 0) is 18.1 Å². The van der Waals surface area contributed by atoms with Crippen molar-refractivity contribution in [3.05, 3.63) is 42.1 Å². The second-order valence-electron chi connectivity index (χ2n) is 3.36. The first kappa shape index (κ1) is 9.00. The highest BCUT2D eigenvalue weighted by Crippen LogP contribution is 2.19. The molecule has 0 atom stereocenters. The molecule has 1 aromatic carbocycles. The molecule has 0 fully saturated rings. The van der Waals surface area contributed by atoms with Crippen molar-refractivity contribution in [2.75, 3.05) is 0 Å². The Balaban J connectivity index is 2.46. The molecule has 0 saturated heterocycles. The summed E-state index contributed by atoms with van der Waals surface area (Å²) >= 11 is 0. The van der Waals surface area contributed by atoms with Crippen LogP contribution < -0.4 is 0 Å². The number of hydrogen-bond donors (Lipinski definition) is 0. The maximum Gasteiger partial charge on any atom is 0.0681 e. The van der Waals surface area contributed by atoms with Gasteiger partial charge < -0.3 is 0 Å². The van der Waals surface area contributed by atoms with Crippen LogP contribution in [0.15, 0.2) is 36.4 Å². The summed E-state index contributed by atoms with van der Waals surface area (Å²) in [4.78, 5) is 0. The lowest BCUT2D eigenvalue weighted by molar-refractivity contribution is 0.753. The van der Waals surface area contributed by atoms with E-state index in [4.69, 9.17) is 0 Å². The highest BCUT2D eigenvalue weighted by Gasteiger charge is 2.04. The predicted molar refractivity (Wildman–Crippen MR) is 58.0 cm³/mol.